The van der Waals surface area contributed by atoms with Gasteiger partial charge in [0.1, 0.15) is 28.3 Å². The first-order chi connectivity index (χ1) is 14.3. The summed E-state index contributed by atoms with van der Waals surface area (Å²) in [5.41, 5.74) is 2.56. The van der Waals surface area contributed by atoms with Gasteiger partial charge in [-0.05, 0) is 59.1 Å². The standard InChI is InChI=1S/C21H29N5O3S/c1-14-12-15(2)26(23-14)13-18(27)25(11-7-10-24(3)4)21-22-19-16(28-5)8-9-17(29-6)20(19)30-21/h8-9,12H,7,10-11,13H2,1-6H3. The Morgan fingerprint density at radius 2 is 1.83 bits per heavy atom. The van der Waals surface area contributed by atoms with E-state index >= 15 is 0 Å². The van der Waals surface area contributed by atoms with Crippen LogP contribution in [0.4, 0.5) is 5.13 Å². The van der Waals surface area contributed by atoms with Gasteiger partial charge in [0.05, 0.1) is 19.9 Å². The predicted octanol–water partition coefficient (Wildman–Crippen LogP) is 3.11. The lowest BCUT2D eigenvalue weighted by Crippen LogP contribution is -2.36. The topological polar surface area (TPSA) is 72.7 Å². The number of aromatic nitrogens is 3. The molecule has 0 radical (unpaired) electrons. The summed E-state index contributed by atoms with van der Waals surface area (Å²) in [6.07, 6.45) is 0.833. The second kappa shape index (κ2) is 9.44. The van der Waals surface area contributed by atoms with E-state index in [1.54, 1.807) is 23.8 Å². The molecule has 0 fully saturated rings. The van der Waals surface area contributed by atoms with E-state index in [0.29, 0.717) is 28.7 Å². The Bertz CT molecular complexity index is 986. The van der Waals surface area contributed by atoms with Crippen LogP contribution >= 0.6 is 11.3 Å². The molecule has 0 atom stereocenters. The van der Waals surface area contributed by atoms with E-state index in [0.717, 1.165) is 29.1 Å². The van der Waals surface area contributed by atoms with Crippen LogP contribution in [0.1, 0.15) is 17.8 Å². The van der Waals surface area contributed by atoms with E-state index in [1.165, 1.54) is 11.3 Å². The van der Waals surface area contributed by atoms with E-state index in [9.17, 15) is 4.79 Å². The number of hydrogen-bond acceptors (Lipinski definition) is 7. The summed E-state index contributed by atoms with van der Waals surface area (Å²) in [5, 5.41) is 5.07. The van der Waals surface area contributed by atoms with Crippen molar-refractivity contribution in [2.45, 2.75) is 26.8 Å². The maximum absolute atomic E-state index is 13.3. The molecule has 162 valence electrons. The minimum atomic E-state index is -0.0445. The van der Waals surface area contributed by atoms with E-state index in [1.807, 2.05) is 46.1 Å². The molecule has 8 nitrogen and oxygen atoms in total. The second-order valence-electron chi connectivity index (χ2n) is 7.43. The molecule has 2 heterocycles. The molecule has 3 rings (SSSR count). The summed E-state index contributed by atoms with van der Waals surface area (Å²) < 4.78 is 13.6. The fraction of sp³-hybridized carbons (Fsp3) is 0.476. The molecule has 1 amide bonds. The number of carbonyl (C=O) groups excluding carboxylic acids is 1. The van der Waals surface area contributed by atoms with Gasteiger partial charge in [0.15, 0.2) is 5.13 Å². The molecule has 0 aliphatic heterocycles. The average Bonchev–Trinajstić information content (AvgIpc) is 3.27. The highest BCUT2D eigenvalue weighted by Gasteiger charge is 2.23. The molecule has 0 saturated heterocycles. The van der Waals surface area contributed by atoms with E-state index in [2.05, 4.69) is 10.00 Å². The fourth-order valence-electron chi connectivity index (χ4n) is 3.31. The van der Waals surface area contributed by atoms with E-state index < -0.39 is 0 Å². The number of anilines is 1. The molecule has 2 aromatic heterocycles. The van der Waals surface area contributed by atoms with Crippen molar-refractivity contribution >= 4 is 32.6 Å². The van der Waals surface area contributed by atoms with Gasteiger partial charge in [-0.25, -0.2) is 4.98 Å². The number of ether oxygens (including phenoxy) is 2. The Morgan fingerprint density at radius 1 is 1.13 bits per heavy atom. The monoisotopic (exact) mass is 431 g/mol. The van der Waals surface area contributed by atoms with Crippen molar-refractivity contribution in [2.24, 2.45) is 0 Å². The predicted molar refractivity (Wildman–Crippen MR) is 120 cm³/mol. The van der Waals surface area contributed by atoms with E-state index in [-0.39, 0.29) is 12.5 Å². The van der Waals surface area contributed by atoms with Crippen LogP contribution in [-0.4, -0.2) is 67.0 Å². The van der Waals surface area contributed by atoms with Crippen LogP contribution in [0.3, 0.4) is 0 Å². The van der Waals surface area contributed by atoms with Gasteiger partial charge in [-0.3, -0.25) is 14.4 Å². The maximum Gasteiger partial charge on any atom is 0.250 e. The number of rotatable bonds is 9. The third kappa shape index (κ3) is 4.73. The molecule has 9 heteroatoms. The summed E-state index contributed by atoms with van der Waals surface area (Å²) in [4.78, 5) is 21.9. The molecular formula is C21H29N5O3S. The Hall–Kier alpha value is -2.65. The van der Waals surface area contributed by atoms with Crippen molar-refractivity contribution in [3.05, 3.63) is 29.6 Å². The zero-order valence-electron chi connectivity index (χ0n) is 18.4. The van der Waals surface area contributed by atoms with Gasteiger partial charge in [-0.15, -0.1) is 0 Å². The highest BCUT2D eigenvalue weighted by molar-refractivity contribution is 7.22. The molecule has 30 heavy (non-hydrogen) atoms. The van der Waals surface area contributed by atoms with Gasteiger partial charge < -0.3 is 14.4 Å². The van der Waals surface area contributed by atoms with Crippen molar-refractivity contribution in [1.82, 2.24) is 19.7 Å². The lowest BCUT2D eigenvalue weighted by atomic mass is 10.3. The van der Waals surface area contributed by atoms with Crippen LogP contribution in [0.15, 0.2) is 18.2 Å². The van der Waals surface area contributed by atoms with Gasteiger partial charge in [-0.2, -0.15) is 5.10 Å². The van der Waals surface area contributed by atoms with Crippen molar-refractivity contribution in [2.75, 3.05) is 46.3 Å². The van der Waals surface area contributed by atoms with Crippen molar-refractivity contribution < 1.29 is 14.3 Å². The highest BCUT2D eigenvalue weighted by atomic mass is 32.1. The average molecular weight is 432 g/mol. The Morgan fingerprint density at radius 3 is 2.43 bits per heavy atom. The first-order valence-corrected chi connectivity index (χ1v) is 10.6. The van der Waals surface area contributed by atoms with Gasteiger partial charge >= 0.3 is 0 Å². The van der Waals surface area contributed by atoms with Crippen LogP contribution in [0.2, 0.25) is 0 Å². The number of amides is 1. The number of thiazole rings is 1. The quantitative estimate of drug-likeness (QED) is 0.518. The van der Waals surface area contributed by atoms with Crippen molar-refractivity contribution in [3.63, 3.8) is 0 Å². The molecule has 3 aromatic rings. The third-order valence-electron chi connectivity index (χ3n) is 4.81. The van der Waals surface area contributed by atoms with Crippen LogP contribution in [0.25, 0.3) is 10.2 Å². The second-order valence-corrected chi connectivity index (χ2v) is 8.41. The Balaban J connectivity index is 1.96. The smallest absolute Gasteiger partial charge is 0.250 e. The first kappa shape index (κ1) is 22.0. The number of carbonyl (C=O) groups is 1. The van der Waals surface area contributed by atoms with Crippen molar-refractivity contribution in [3.8, 4) is 11.5 Å². The number of aryl methyl sites for hydroxylation is 2. The summed E-state index contributed by atoms with van der Waals surface area (Å²) in [7, 11) is 7.29. The SMILES string of the molecule is COc1ccc(OC)c2sc(N(CCCN(C)C)C(=O)Cn3nc(C)cc3C)nc12. The highest BCUT2D eigenvalue weighted by Crippen LogP contribution is 2.40. The number of nitrogens with zero attached hydrogens (tertiary/aromatic N) is 5. The molecule has 0 N–H and O–H groups in total. The third-order valence-corrected chi connectivity index (χ3v) is 5.90. The lowest BCUT2D eigenvalue weighted by Gasteiger charge is -2.21. The first-order valence-electron chi connectivity index (χ1n) is 9.81. The van der Waals surface area contributed by atoms with Crippen LogP contribution in [0.5, 0.6) is 11.5 Å². The number of fused-ring (bicyclic) bond motifs is 1. The largest absolute Gasteiger partial charge is 0.495 e. The molecule has 0 bridgehead atoms. The number of hydrogen-bond donors (Lipinski definition) is 0. The zero-order valence-corrected chi connectivity index (χ0v) is 19.2. The minimum Gasteiger partial charge on any atom is -0.495 e. The Kier molecular flexibility index (Phi) is 6.94. The van der Waals surface area contributed by atoms with Crippen LogP contribution < -0.4 is 14.4 Å². The molecule has 0 aliphatic carbocycles. The summed E-state index contributed by atoms with van der Waals surface area (Å²) in [6.45, 7) is 5.50. The summed E-state index contributed by atoms with van der Waals surface area (Å²) in [6, 6.07) is 5.66. The maximum atomic E-state index is 13.3. The molecular weight excluding hydrogens is 402 g/mol. The fourth-order valence-corrected chi connectivity index (χ4v) is 4.43. The van der Waals surface area contributed by atoms with E-state index in [4.69, 9.17) is 14.5 Å². The normalized spacial score (nSPS) is 11.3. The van der Waals surface area contributed by atoms with Gasteiger partial charge in [-0.1, -0.05) is 11.3 Å². The lowest BCUT2D eigenvalue weighted by molar-refractivity contribution is -0.119. The molecule has 0 spiro atoms. The molecule has 0 unspecified atom stereocenters. The van der Waals surface area contributed by atoms with Gasteiger partial charge in [0.2, 0.25) is 0 Å². The van der Waals surface area contributed by atoms with Crippen LogP contribution in [-0.2, 0) is 11.3 Å². The summed E-state index contributed by atoms with van der Waals surface area (Å²) >= 11 is 1.44. The zero-order chi connectivity index (χ0) is 21.8. The Labute approximate surface area is 181 Å². The molecule has 1 aromatic carbocycles. The molecule has 0 aliphatic rings. The van der Waals surface area contributed by atoms with Gasteiger partial charge in [0.25, 0.3) is 5.91 Å². The van der Waals surface area contributed by atoms with Crippen LogP contribution in [0, 0.1) is 13.8 Å². The number of benzene rings is 1. The van der Waals surface area contributed by atoms with Gasteiger partial charge in [0, 0.05) is 12.2 Å². The molecule has 0 saturated carbocycles. The minimum absolute atomic E-state index is 0.0445. The summed E-state index contributed by atoms with van der Waals surface area (Å²) in [5.74, 6) is 1.33. The number of methoxy groups -OCH3 is 2. The van der Waals surface area contributed by atoms with Crippen molar-refractivity contribution in [1.29, 1.82) is 0 Å².